The quantitative estimate of drug-likeness (QED) is 0.313. The molecule has 2 aromatic heterocycles. The van der Waals surface area contributed by atoms with Crippen molar-refractivity contribution in [2.24, 2.45) is 0 Å². The molecule has 2 aromatic carbocycles. The van der Waals surface area contributed by atoms with E-state index in [1.54, 1.807) is 29.2 Å². The lowest BCUT2D eigenvalue weighted by atomic mass is 9.89. The first-order valence-corrected chi connectivity index (χ1v) is 14.9. The van der Waals surface area contributed by atoms with Gasteiger partial charge in [0.05, 0.1) is 16.9 Å². The largest absolute Gasteiger partial charge is 0.338 e. The highest BCUT2D eigenvalue weighted by molar-refractivity contribution is 7.90. The van der Waals surface area contributed by atoms with Crippen LogP contribution in [0.5, 0.6) is 0 Å². The number of hydrogen-bond donors (Lipinski definition) is 2. The summed E-state index contributed by atoms with van der Waals surface area (Å²) < 4.78 is 42.4. The summed E-state index contributed by atoms with van der Waals surface area (Å²) in [5.41, 5.74) is 2.52. The van der Waals surface area contributed by atoms with Crippen molar-refractivity contribution in [3.8, 4) is 0 Å². The standard InChI is InChI=1S/C28H28ClFN6O4S/c1-3-25(37)34-41(39,40)24-16-32-36-26(33-23-14-17(2)4-9-22(23)29)21(15-31-27(24)36)28(38)35-12-10-19(11-13-35)18-5-7-20(30)8-6-18/h4-9,14-16,19,33H,3,10-13H2,1-2H3,(H,34,37). The molecule has 1 fully saturated rings. The Morgan fingerprint density at radius 3 is 2.49 bits per heavy atom. The first-order chi connectivity index (χ1) is 19.6. The smallest absolute Gasteiger partial charge is 0.269 e. The molecule has 0 spiro atoms. The van der Waals surface area contributed by atoms with Gasteiger partial charge in [0.2, 0.25) is 5.91 Å². The number of benzene rings is 2. The Balaban J connectivity index is 1.51. The molecule has 0 radical (unpaired) electrons. The summed E-state index contributed by atoms with van der Waals surface area (Å²) in [6.45, 7) is 4.35. The second kappa shape index (κ2) is 11.5. The normalized spacial score (nSPS) is 14.3. The zero-order chi connectivity index (χ0) is 29.3. The summed E-state index contributed by atoms with van der Waals surface area (Å²) in [4.78, 5) is 31.4. The van der Waals surface area contributed by atoms with Crippen LogP contribution in [-0.4, -0.2) is 52.8 Å². The van der Waals surface area contributed by atoms with Crippen LogP contribution in [0.15, 0.2) is 59.8 Å². The minimum Gasteiger partial charge on any atom is -0.338 e. The number of rotatable bonds is 7. The number of sulfonamides is 1. The number of carbonyl (C=O) groups excluding carboxylic acids is 2. The number of aryl methyl sites for hydroxylation is 1. The van der Waals surface area contributed by atoms with Crippen LogP contribution in [0.3, 0.4) is 0 Å². The molecule has 0 bridgehead atoms. The second-order valence-corrected chi connectivity index (χ2v) is 11.9. The van der Waals surface area contributed by atoms with Crippen LogP contribution in [0, 0.1) is 12.7 Å². The molecule has 2 N–H and O–H groups in total. The van der Waals surface area contributed by atoms with Gasteiger partial charge in [-0.05, 0) is 61.1 Å². The number of anilines is 2. The van der Waals surface area contributed by atoms with E-state index in [2.05, 4.69) is 15.4 Å². The van der Waals surface area contributed by atoms with E-state index in [0.29, 0.717) is 36.6 Å². The van der Waals surface area contributed by atoms with Crippen molar-refractivity contribution >= 4 is 50.6 Å². The Kier molecular flexibility index (Phi) is 7.96. The van der Waals surface area contributed by atoms with Gasteiger partial charge in [0.15, 0.2) is 10.5 Å². The molecule has 13 heteroatoms. The molecule has 41 heavy (non-hydrogen) atoms. The van der Waals surface area contributed by atoms with Crippen molar-refractivity contribution in [3.63, 3.8) is 0 Å². The predicted molar refractivity (Wildman–Crippen MR) is 152 cm³/mol. The highest BCUT2D eigenvalue weighted by atomic mass is 35.5. The lowest BCUT2D eigenvalue weighted by Crippen LogP contribution is -2.38. The zero-order valence-corrected chi connectivity index (χ0v) is 24.0. The number of halogens is 2. The number of piperidine rings is 1. The number of hydrogen-bond acceptors (Lipinski definition) is 7. The molecule has 214 valence electrons. The maximum atomic E-state index is 13.8. The van der Waals surface area contributed by atoms with E-state index in [9.17, 15) is 22.4 Å². The van der Waals surface area contributed by atoms with Gasteiger partial charge in [-0.15, -0.1) is 0 Å². The molecular weight excluding hydrogens is 571 g/mol. The third-order valence-electron chi connectivity index (χ3n) is 7.08. The van der Waals surface area contributed by atoms with Gasteiger partial charge in [0, 0.05) is 25.7 Å². The first-order valence-electron chi connectivity index (χ1n) is 13.1. The van der Waals surface area contributed by atoms with E-state index in [4.69, 9.17) is 11.6 Å². The van der Waals surface area contributed by atoms with Crippen LogP contribution in [0.25, 0.3) is 5.65 Å². The summed E-state index contributed by atoms with van der Waals surface area (Å²) in [7, 11) is -4.27. The van der Waals surface area contributed by atoms with Gasteiger partial charge in [-0.3, -0.25) is 9.59 Å². The van der Waals surface area contributed by atoms with Crippen LogP contribution in [0.1, 0.15) is 53.6 Å². The number of nitrogens with one attached hydrogen (secondary N) is 2. The molecule has 10 nitrogen and oxygen atoms in total. The van der Waals surface area contributed by atoms with Crippen molar-refractivity contribution < 1.29 is 22.4 Å². The van der Waals surface area contributed by atoms with Crippen molar-refractivity contribution in [1.29, 1.82) is 0 Å². The molecule has 1 aliphatic rings. The van der Waals surface area contributed by atoms with E-state index in [0.717, 1.165) is 17.3 Å². The molecule has 0 atom stereocenters. The van der Waals surface area contributed by atoms with Gasteiger partial charge in [-0.1, -0.05) is 36.7 Å². The molecule has 0 aliphatic carbocycles. The molecule has 0 unspecified atom stereocenters. The van der Waals surface area contributed by atoms with Gasteiger partial charge in [-0.25, -0.2) is 22.5 Å². The van der Waals surface area contributed by atoms with Gasteiger partial charge >= 0.3 is 0 Å². The minimum atomic E-state index is -4.27. The Morgan fingerprint density at radius 2 is 1.80 bits per heavy atom. The van der Waals surface area contributed by atoms with Gasteiger partial charge < -0.3 is 10.2 Å². The fourth-order valence-corrected chi connectivity index (χ4v) is 6.12. The third-order valence-corrected chi connectivity index (χ3v) is 8.78. The van der Waals surface area contributed by atoms with E-state index >= 15 is 0 Å². The SMILES string of the molecule is CCC(=O)NS(=O)(=O)c1cnn2c(Nc3cc(C)ccc3Cl)c(C(=O)N3CCC(c4ccc(F)cc4)CC3)cnc12. The second-order valence-electron chi connectivity index (χ2n) is 9.87. The fourth-order valence-electron chi connectivity index (χ4n) is 4.84. The Labute approximate surface area is 241 Å². The molecule has 4 aromatic rings. The molecule has 1 aliphatic heterocycles. The van der Waals surface area contributed by atoms with E-state index in [1.165, 1.54) is 29.8 Å². The molecule has 5 rings (SSSR count). The van der Waals surface area contributed by atoms with Crippen LogP contribution in [-0.2, 0) is 14.8 Å². The molecule has 0 saturated carbocycles. The lowest BCUT2D eigenvalue weighted by Gasteiger charge is -2.32. The van der Waals surface area contributed by atoms with E-state index in [1.807, 2.05) is 17.7 Å². The number of fused-ring (bicyclic) bond motifs is 1. The first kappa shape index (κ1) is 28.5. The van der Waals surface area contributed by atoms with Crippen LogP contribution < -0.4 is 10.0 Å². The molecular formula is C28H28ClFN6O4S. The minimum absolute atomic E-state index is 0.0268. The number of amides is 2. The van der Waals surface area contributed by atoms with Gasteiger partial charge in [0.1, 0.15) is 17.2 Å². The zero-order valence-electron chi connectivity index (χ0n) is 22.4. The summed E-state index contributed by atoms with van der Waals surface area (Å²) in [6.07, 6.45) is 3.75. The van der Waals surface area contributed by atoms with Crippen LogP contribution in [0.2, 0.25) is 5.02 Å². The van der Waals surface area contributed by atoms with E-state index in [-0.39, 0.29) is 46.0 Å². The van der Waals surface area contributed by atoms with Crippen molar-refractivity contribution in [3.05, 3.63) is 82.4 Å². The fraction of sp³-hybridized carbons (Fsp3) is 0.286. The monoisotopic (exact) mass is 598 g/mol. The number of nitrogens with zero attached hydrogens (tertiary/aromatic N) is 4. The highest BCUT2D eigenvalue weighted by Gasteiger charge is 2.30. The predicted octanol–water partition coefficient (Wildman–Crippen LogP) is 4.81. The Morgan fingerprint density at radius 1 is 1.10 bits per heavy atom. The van der Waals surface area contributed by atoms with Gasteiger partial charge in [0.25, 0.3) is 15.9 Å². The molecule has 3 heterocycles. The summed E-state index contributed by atoms with van der Waals surface area (Å²) in [5, 5.41) is 7.78. The average molecular weight is 599 g/mol. The van der Waals surface area contributed by atoms with Crippen LogP contribution in [0.4, 0.5) is 15.9 Å². The van der Waals surface area contributed by atoms with Crippen molar-refractivity contribution in [2.75, 3.05) is 18.4 Å². The summed E-state index contributed by atoms with van der Waals surface area (Å²) in [6, 6.07) is 11.8. The third kappa shape index (κ3) is 5.89. The number of aromatic nitrogens is 3. The number of carbonyl (C=O) groups is 2. The highest BCUT2D eigenvalue weighted by Crippen LogP contribution is 2.32. The van der Waals surface area contributed by atoms with E-state index < -0.39 is 15.9 Å². The molecule has 2 amide bonds. The number of likely N-dealkylation sites (tertiary alicyclic amines) is 1. The Hall–Kier alpha value is -4.03. The summed E-state index contributed by atoms with van der Waals surface area (Å²) >= 11 is 6.44. The topological polar surface area (TPSA) is 126 Å². The van der Waals surface area contributed by atoms with Crippen molar-refractivity contribution in [2.45, 2.75) is 43.9 Å². The molecule has 1 saturated heterocycles. The van der Waals surface area contributed by atoms with Crippen molar-refractivity contribution in [1.82, 2.24) is 24.2 Å². The maximum absolute atomic E-state index is 13.8. The Bertz CT molecular complexity index is 1730. The van der Waals surface area contributed by atoms with Gasteiger partial charge in [-0.2, -0.15) is 9.61 Å². The lowest BCUT2D eigenvalue weighted by molar-refractivity contribution is -0.119. The average Bonchev–Trinajstić information content (AvgIpc) is 3.41. The maximum Gasteiger partial charge on any atom is 0.269 e. The van der Waals surface area contributed by atoms with Crippen LogP contribution >= 0.6 is 11.6 Å². The summed E-state index contributed by atoms with van der Waals surface area (Å²) in [5.74, 6) is -0.912.